The van der Waals surface area contributed by atoms with Gasteiger partial charge in [0.1, 0.15) is 11.4 Å². The molecule has 0 bridgehead atoms. The molecule has 0 spiro atoms. The van der Waals surface area contributed by atoms with Crippen molar-refractivity contribution in [2.24, 2.45) is 5.41 Å². The van der Waals surface area contributed by atoms with Crippen LogP contribution in [-0.4, -0.2) is 37.1 Å². The number of hydrogen-bond donors (Lipinski definition) is 1. The summed E-state index contributed by atoms with van der Waals surface area (Å²) in [7, 11) is 2.52. The van der Waals surface area contributed by atoms with Gasteiger partial charge in [0, 0.05) is 11.5 Å². The first-order chi connectivity index (χ1) is 11.1. The van der Waals surface area contributed by atoms with E-state index in [1.807, 2.05) is 13.8 Å². The molecule has 0 unspecified atom stereocenters. The second kappa shape index (κ2) is 7.49. The van der Waals surface area contributed by atoms with Crippen molar-refractivity contribution < 1.29 is 28.9 Å². The number of carbonyl (C=O) groups is 2. The van der Waals surface area contributed by atoms with Gasteiger partial charge in [0.2, 0.25) is 0 Å². The van der Waals surface area contributed by atoms with Crippen molar-refractivity contribution in [1.82, 2.24) is 0 Å². The number of hydrogen-bond acceptors (Lipinski definition) is 6. The summed E-state index contributed by atoms with van der Waals surface area (Å²) < 4.78 is 14.1. The van der Waals surface area contributed by atoms with Crippen LogP contribution in [0, 0.1) is 5.41 Å². The molecule has 0 aromatic rings. The topological polar surface area (TPSA) is 82.1 Å². The fourth-order valence-corrected chi connectivity index (χ4v) is 2.43. The molecule has 0 aliphatic heterocycles. The highest BCUT2D eigenvalue weighted by Crippen LogP contribution is 2.44. The molecular formula is C18H24O6. The first kappa shape index (κ1) is 19.7. The van der Waals surface area contributed by atoms with E-state index >= 15 is 0 Å². The molecule has 0 radical (unpaired) electrons. The van der Waals surface area contributed by atoms with Crippen LogP contribution in [0.25, 0.3) is 0 Å². The predicted molar refractivity (Wildman–Crippen MR) is 89.0 cm³/mol. The SMILES string of the molecule is COC(=O)/C=C(C)\C=C\[C@@]1(O)C(C)=CC(OC(=O)OC)=CC1(C)C. The average molecular weight is 336 g/mol. The number of carbonyl (C=O) groups excluding carboxylic acids is 2. The summed E-state index contributed by atoms with van der Waals surface area (Å²) in [6, 6.07) is 0. The molecule has 0 saturated heterocycles. The molecule has 0 saturated carbocycles. The van der Waals surface area contributed by atoms with Crippen LogP contribution in [0.15, 0.2) is 47.3 Å². The molecule has 0 heterocycles. The third-order valence-electron chi connectivity index (χ3n) is 3.95. The maximum atomic E-state index is 11.3. The lowest BCUT2D eigenvalue weighted by molar-refractivity contribution is -0.134. The molecular weight excluding hydrogens is 312 g/mol. The summed E-state index contributed by atoms with van der Waals surface area (Å²) in [4.78, 5) is 22.5. The summed E-state index contributed by atoms with van der Waals surface area (Å²) in [6.07, 6.45) is 7.00. The molecule has 0 aromatic heterocycles. The van der Waals surface area contributed by atoms with Crippen molar-refractivity contribution in [3.05, 3.63) is 47.3 Å². The molecule has 6 heteroatoms. The molecule has 1 aliphatic rings. The Hall–Kier alpha value is -2.34. The summed E-state index contributed by atoms with van der Waals surface area (Å²) in [5.74, 6) is -0.155. The van der Waals surface area contributed by atoms with Crippen molar-refractivity contribution in [2.45, 2.75) is 33.3 Å². The van der Waals surface area contributed by atoms with Crippen molar-refractivity contribution in [3.63, 3.8) is 0 Å². The fraction of sp³-hybridized carbons (Fsp3) is 0.444. The van der Waals surface area contributed by atoms with Crippen molar-refractivity contribution in [3.8, 4) is 0 Å². The summed E-state index contributed by atoms with van der Waals surface area (Å²) >= 11 is 0. The molecule has 0 aromatic carbocycles. The summed E-state index contributed by atoms with van der Waals surface area (Å²) in [5.41, 5.74) is -0.825. The third kappa shape index (κ3) is 4.35. The van der Waals surface area contributed by atoms with Crippen LogP contribution in [-0.2, 0) is 19.0 Å². The number of allylic oxidation sites excluding steroid dienone is 3. The number of esters is 1. The molecule has 1 N–H and O–H groups in total. The van der Waals surface area contributed by atoms with E-state index in [0.717, 1.165) is 0 Å². The lowest BCUT2D eigenvalue weighted by Gasteiger charge is -2.42. The lowest BCUT2D eigenvalue weighted by atomic mass is 9.67. The van der Waals surface area contributed by atoms with Gasteiger partial charge < -0.3 is 19.3 Å². The zero-order valence-corrected chi connectivity index (χ0v) is 14.9. The Morgan fingerprint density at radius 2 is 1.83 bits per heavy atom. The van der Waals surface area contributed by atoms with E-state index in [9.17, 15) is 14.7 Å². The van der Waals surface area contributed by atoms with Crippen LogP contribution in [0.4, 0.5) is 4.79 Å². The Morgan fingerprint density at radius 3 is 2.33 bits per heavy atom. The van der Waals surface area contributed by atoms with E-state index in [-0.39, 0.29) is 0 Å². The second-order valence-corrected chi connectivity index (χ2v) is 6.16. The first-order valence-corrected chi connectivity index (χ1v) is 7.41. The zero-order valence-electron chi connectivity index (χ0n) is 14.9. The van der Waals surface area contributed by atoms with E-state index in [0.29, 0.717) is 16.9 Å². The molecule has 1 aliphatic carbocycles. The Kier molecular flexibility index (Phi) is 6.15. The first-order valence-electron chi connectivity index (χ1n) is 7.41. The lowest BCUT2D eigenvalue weighted by Crippen LogP contribution is -2.45. The molecule has 0 amide bonds. The van der Waals surface area contributed by atoms with E-state index in [1.165, 1.54) is 20.3 Å². The average Bonchev–Trinajstić information content (AvgIpc) is 2.50. The van der Waals surface area contributed by atoms with Gasteiger partial charge >= 0.3 is 12.1 Å². The van der Waals surface area contributed by atoms with Crippen LogP contribution in [0.5, 0.6) is 0 Å². The van der Waals surface area contributed by atoms with Crippen LogP contribution in [0.3, 0.4) is 0 Å². The molecule has 1 atom stereocenters. The van der Waals surface area contributed by atoms with E-state index in [4.69, 9.17) is 4.74 Å². The smallest absolute Gasteiger partial charge is 0.466 e. The molecule has 1 rings (SSSR count). The predicted octanol–water partition coefficient (Wildman–Crippen LogP) is 3.05. The van der Waals surface area contributed by atoms with Gasteiger partial charge in [-0.2, -0.15) is 0 Å². The Balaban J connectivity index is 3.12. The van der Waals surface area contributed by atoms with Gasteiger partial charge in [-0.05, 0) is 43.2 Å². The van der Waals surface area contributed by atoms with Gasteiger partial charge in [-0.1, -0.05) is 19.9 Å². The minimum absolute atomic E-state index is 0.309. The number of methoxy groups -OCH3 is 2. The summed E-state index contributed by atoms with van der Waals surface area (Å²) in [5, 5.41) is 11.1. The fourth-order valence-electron chi connectivity index (χ4n) is 2.43. The number of aliphatic hydroxyl groups is 1. The Morgan fingerprint density at radius 1 is 1.21 bits per heavy atom. The Bertz CT molecular complexity index is 636. The highest BCUT2D eigenvalue weighted by atomic mass is 16.7. The minimum Gasteiger partial charge on any atom is -0.466 e. The maximum Gasteiger partial charge on any atom is 0.513 e. The van der Waals surface area contributed by atoms with Gasteiger partial charge in [-0.15, -0.1) is 0 Å². The van der Waals surface area contributed by atoms with Crippen LogP contribution >= 0.6 is 0 Å². The van der Waals surface area contributed by atoms with Crippen molar-refractivity contribution >= 4 is 12.1 Å². The van der Waals surface area contributed by atoms with Crippen molar-refractivity contribution in [2.75, 3.05) is 14.2 Å². The maximum absolute atomic E-state index is 11.3. The van der Waals surface area contributed by atoms with Crippen LogP contribution < -0.4 is 0 Å². The Labute approximate surface area is 142 Å². The molecule has 24 heavy (non-hydrogen) atoms. The molecule has 0 fully saturated rings. The monoisotopic (exact) mass is 336 g/mol. The number of rotatable bonds is 4. The van der Waals surface area contributed by atoms with Crippen molar-refractivity contribution in [1.29, 1.82) is 0 Å². The largest absolute Gasteiger partial charge is 0.513 e. The molecule has 6 nitrogen and oxygen atoms in total. The standard InChI is InChI=1S/C18H24O6/c1-12(9-15(19)22-5)7-8-18(21)13(2)10-14(11-17(18,3)4)24-16(20)23-6/h7-11,21H,1-6H3/b8-7+,12-9-/t18-/m1/s1. The second-order valence-electron chi connectivity index (χ2n) is 6.16. The van der Waals surface area contributed by atoms with Gasteiger partial charge in [0.15, 0.2) is 0 Å². The van der Waals surface area contributed by atoms with E-state index < -0.39 is 23.1 Å². The number of ether oxygens (including phenoxy) is 3. The van der Waals surface area contributed by atoms with Crippen LogP contribution in [0.2, 0.25) is 0 Å². The normalized spacial score (nSPS) is 23.4. The van der Waals surface area contributed by atoms with Gasteiger partial charge in [0.25, 0.3) is 0 Å². The van der Waals surface area contributed by atoms with Crippen LogP contribution in [0.1, 0.15) is 27.7 Å². The highest BCUT2D eigenvalue weighted by Gasteiger charge is 2.44. The third-order valence-corrected chi connectivity index (χ3v) is 3.95. The van der Waals surface area contributed by atoms with Gasteiger partial charge in [-0.25, -0.2) is 9.59 Å². The quantitative estimate of drug-likeness (QED) is 0.483. The minimum atomic E-state index is -1.30. The molecule has 132 valence electrons. The summed E-state index contributed by atoms with van der Waals surface area (Å²) in [6.45, 7) is 7.09. The highest BCUT2D eigenvalue weighted by molar-refractivity contribution is 5.83. The van der Waals surface area contributed by atoms with Gasteiger partial charge in [0.05, 0.1) is 14.2 Å². The van der Waals surface area contributed by atoms with E-state index in [2.05, 4.69) is 9.47 Å². The van der Waals surface area contributed by atoms with E-state index in [1.54, 1.807) is 38.2 Å². The van der Waals surface area contributed by atoms with Gasteiger partial charge in [-0.3, -0.25) is 0 Å². The zero-order chi connectivity index (χ0) is 18.5.